The largest absolute Gasteiger partial charge is 0.339 e. The fourth-order valence-electron chi connectivity index (χ4n) is 3.81. The van der Waals surface area contributed by atoms with Crippen molar-refractivity contribution in [1.82, 2.24) is 15.1 Å². The van der Waals surface area contributed by atoms with E-state index >= 15 is 0 Å². The maximum absolute atomic E-state index is 5.33. The lowest BCUT2D eigenvalue weighted by Crippen LogP contribution is -2.28. The molecule has 2 fully saturated rings. The Morgan fingerprint density at radius 1 is 1.14 bits per heavy atom. The van der Waals surface area contributed by atoms with E-state index in [9.17, 15) is 0 Å². The Hall–Kier alpha value is -1.23. The lowest BCUT2D eigenvalue weighted by atomic mass is 9.69. The Bertz CT molecular complexity index is 659. The summed E-state index contributed by atoms with van der Waals surface area (Å²) in [6, 6.07) is 0. The van der Waals surface area contributed by atoms with Crippen LogP contribution in [0, 0.1) is 0 Å². The van der Waals surface area contributed by atoms with Crippen molar-refractivity contribution in [3.8, 4) is 0 Å². The van der Waals surface area contributed by atoms with Crippen LogP contribution in [0.5, 0.6) is 0 Å². The molecule has 2 heterocycles. The van der Waals surface area contributed by atoms with E-state index in [4.69, 9.17) is 4.52 Å². The molecule has 2 aromatic rings. The molecule has 0 bridgehead atoms. The Balaban J connectivity index is 1.56. The normalized spacial score (nSPS) is 28.7. The molecule has 2 aromatic heterocycles. The minimum Gasteiger partial charge on any atom is -0.339 e. The van der Waals surface area contributed by atoms with Crippen LogP contribution in [0.15, 0.2) is 27.7 Å². The van der Waals surface area contributed by atoms with Gasteiger partial charge in [0.2, 0.25) is 5.89 Å². The van der Waals surface area contributed by atoms with Crippen LogP contribution in [0.3, 0.4) is 0 Å². The molecule has 0 spiro atoms. The smallest absolute Gasteiger partial charge is 0.232 e. The number of rotatable bonds is 3. The lowest BCUT2D eigenvalue weighted by molar-refractivity contribution is 0.218. The summed E-state index contributed by atoms with van der Waals surface area (Å²) < 4.78 is 6.52. The molecule has 0 saturated heterocycles. The van der Waals surface area contributed by atoms with Crippen LogP contribution in [0.4, 0.5) is 0 Å². The molecule has 116 valence electrons. The maximum atomic E-state index is 5.33. The van der Waals surface area contributed by atoms with E-state index in [1.165, 1.54) is 34.8 Å². The zero-order chi connectivity index (χ0) is 15.2. The fraction of sp³-hybridized carbons (Fsp3) is 0.588. The molecule has 0 aliphatic heterocycles. The van der Waals surface area contributed by atoms with Crippen molar-refractivity contribution in [2.24, 2.45) is 0 Å². The molecule has 0 N–H and O–H groups in total. The summed E-state index contributed by atoms with van der Waals surface area (Å²) in [6.45, 7) is 2.25. The third-order valence-electron chi connectivity index (χ3n) is 5.36. The highest BCUT2D eigenvalue weighted by molar-refractivity contribution is 9.10. The average Bonchev–Trinajstić information content (AvgIpc) is 3.19. The lowest BCUT2D eigenvalue weighted by Gasteiger charge is -2.35. The van der Waals surface area contributed by atoms with Crippen molar-refractivity contribution in [3.05, 3.63) is 40.2 Å². The predicted octanol–water partition coefficient (Wildman–Crippen LogP) is 4.72. The summed E-state index contributed by atoms with van der Waals surface area (Å²) in [5, 5.41) is 3.77. The number of aromatic nitrogens is 3. The molecular formula is C17H20BrN3O. The molecule has 2 saturated carbocycles. The second kappa shape index (κ2) is 5.44. The number of hydrogen-bond acceptors (Lipinski definition) is 4. The fourth-order valence-corrected chi connectivity index (χ4v) is 4.48. The van der Waals surface area contributed by atoms with E-state index < -0.39 is 0 Å². The van der Waals surface area contributed by atoms with Crippen LogP contribution >= 0.6 is 15.9 Å². The topological polar surface area (TPSA) is 51.8 Å². The van der Waals surface area contributed by atoms with Crippen LogP contribution in [0.1, 0.15) is 74.3 Å². The molecule has 2 aliphatic carbocycles. The first kappa shape index (κ1) is 14.4. The monoisotopic (exact) mass is 361 g/mol. The summed E-state index contributed by atoms with van der Waals surface area (Å²) in [5.41, 5.74) is 3.01. The van der Waals surface area contributed by atoms with E-state index in [1.54, 1.807) is 0 Å². The number of nitrogens with zero attached hydrogens (tertiary/aromatic N) is 3. The van der Waals surface area contributed by atoms with Gasteiger partial charge in [-0.05, 0) is 77.4 Å². The predicted molar refractivity (Wildman–Crippen MR) is 86.8 cm³/mol. The first-order valence-corrected chi connectivity index (χ1v) is 8.87. The van der Waals surface area contributed by atoms with Crippen LogP contribution < -0.4 is 0 Å². The Kier molecular flexibility index (Phi) is 3.56. The molecule has 0 unspecified atom stereocenters. The van der Waals surface area contributed by atoms with Crippen molar-refractivity contribution in [3.63, 3.8) is 0 Å². The minimum atomic E-state index is 0.0339. The van der Waals surface area contributed by atoms with E-state index in [2.05, 4.69) is 44.2 Å². The van der Waals surface area contributed by atoms with E-state index in [1.807, 2.05) is 6.20 Å². The highest BCUT2D eigenvalue weighted by Crippen LogP contribution is 2.50. The minimum absolute atomic E-state index is 0.0339. The summed E-state index contributed by atoms with van der Waals surface area (Å²) in [5.74, 6) is 2.15. The molecule has 0 atom stereocenters. The standard InChI is InChI=1S/C17H20BrN3O/c1-17(16-20-10-21-22-16)6-4-11(5-7-17)13-8-19-9-14(18)15(13)12-2-3-12/h8-12H,2-7H2,1H3. The van der Waals surface area contributed by atoms with Gasteiger partial charge in [-0.1, -0.05) is 12.1 Å². The van der Waals surface area contributed by atoms with Crippen molar-refractivity contribution in [2.45, 2.75) is 62.7 Å². The van der Waals surface area contributed by atoms with Gasteiger partial charge < -0.3 is 4.52 Å². The average molecular weight is 362 g/mol. The van der Waals surface area contributed by atoms with Gasteiger partial charge in [-0.2, -0.15) is 4.98 Å². The quantitative estimate of drug-likeness (QED) is 0.793. The highest BCUT2D eigenvalue weighted by atomic mass is 79.9. The molecule has 0 amide bonds. The Morgan fingerprint density at radius 3 is 2.55 bits per heavy atom. The van der Waals surface area contributed by atoms with Crippen molar-refractivity contribution in [1.29, 1.82) is 0 Å². The Morgan fingerprint density at radius 2 is 1.91 bits per heavy atom. The van der Waals surface area contributed by atoms with Crippen molar-refractivity contribution >= 4 is 15.9 Å². The van der Waals surface area contributed by atoms with Gasteiger partial charge in [-0.25, -0.2) is 0 Å². The molecule has 4 rings (SSSR count). The van der Waals surface area contributed by atoms with Gasteiger partial charge in [0.15, 0.2) is 6.33 Å². The second-order valence-electron chi connectivity index (χ2n) is 6.98. The van der Waals surface area contributed by atoms with Crippen LogP contribution in [-0.4, -0.2) is 15.1 Å². The van der Waals surface area contributed by atoms with E-state index in [-0.39, 0.29) is 5.41 Å². The summed E-state index contributed by atoms with van der Waals surface area (Å²) in [6.07, 6.45) is 12.7. The van der Waals surface area contributed by atoms with Gasteiger partial charge in [0.1, 0.15) is 0 Å². The van der Waals surface area contributed by atoms with Crippen LogP contribution in [0.2, 0.25) is 0 Å². The summed E-state index contributed by atoms with van der Waals surface area (Å²) >= 11 is 3.71. The summed E-state index contributed by atoms with van der Waals surface area (Å²) in [4.78, 5) is 8.71. The van der Waals surface area contributed by atoms with E-state index in [0.717, 1.165) is 37.5 Å². The molecule has 0 radical (unpaired) electrons. The molecule has 4 nitrogen and oxygen atoms in total. The zero-order valence-corrected chi connectivity index (χ0v) is 14.3. The van der Waals surface area contributed by atoms with Gasteiger partial charge in [0.25, 0.3) is 0 Å². The Labute approximate surface area is 138 Å². The second-order valence-corrected chi connectivity index (χ2v) is 7.83. The summed E-state index contributed by atoms with van der Waals surface area (Å²) in [7, 11) is 0. The van der Waals surface area contributed by atoms with Crippen LogP contribution in [0.25, 0.3) is 0 Å². The SMILES string of the molecule is CC1(c2ncno2)CCC(c2cncc(Br)c2C2CC2)CC1. The molecule has 5 heteroatoms. The van der Waals surface area contributed by atoms with Gasteiger partial charge >= 0.3 is 0 Å². The highest BCUT2D eigenvalue weighted by Gasteiger charge is 2.39. The number of hydrogen-bond donors (Lipinski definition) is 0. The van der Waals surface area contributed by atoms with Gasteiger partial charge in [0, 0.05) is 22.3 Å². The van der Waals surface area contributed by atoms with Crippen molar-refractivity contribution < 1.29 is 4.52 Å². The number of halogens is 1. The van der Waals surface area contributed by atoms with Gasteiger partial charge in [-0.3, -0.25) is 4.98 Å². The molecular weight excluding hydrogens is 342 g/mol. The zero-order valence-electron chi connectivity index (χ0n) is 12.8. The maximum Gasteiger partial charge on any atom is 0.232 e. The third-order valence-corrected chi connectivity index (χ3v) is 5.99. The molecule has 0 aromatic carbocycles. The number of pyridine rings is 1. The van der Waals surface area contributed by atoms with Gasteiger partial charge in [-0.15, -0.1) is 0 Å². The van der Waals surface area contributed by atoms with Crippen molar-refractivity contribution in [2.75, 3.05) is 0 Å². The molecule has 2 aliphatic rings. The molecule has 22 heavy (non-hydrogen) atoms. The van der Waals surface area contributed by atoms with Gasteiger partial charge in [0.05, 0.1) is 0 Å². The van der Waals surface area contributed by atoms with Crippen LogP contribution in [-0.2, 0) is 5.41 Å². The first-order chi connectivity index (χ1) is 10.7. The van der Waals surface area contributed by atoms with E-state index in [0.29, 0.717) is 5.92 Å². The third kappa shape index (κ3) is 2.49. The first-order valence-electron chi connectivity index (χ1n) is 8.08.